The monoisotopic (exact) mass is 211 g/mol. The van der Waals surface area contributed by atoms with Crippen molar-refractivity contribution in [2.24, 2.45) is 28.9 Å². The number of nitrogens with two attached hydrogens (primary N) is 1. The predicted molar refractivity (Wildman–Crippen MR) is 58.1 cm³/mol. The molecule has 0 heterocycles. The lowest BCUT2D eigenvalue weighted by molar-refractivity contribution is -0.175. The van der Waals surface area contributed by atoms with Crippen molar-refractivity contribution in [3.05, 3.63) is 0 Å². The van der Waals surface area contributed by atoms with E-state index in [0.717, 1.165) is 6.42 Å². The summed E-state index contributed by atoms with van der Waals surface area (Å²) in [6.45, 7) is 6.55. The van der Waals surface area contributed by atoms with Crippen LogP contribution in [0.2, 0.25) is 0 Å². The van der Waals surface area contributed by atoms with Crippen molar-refractivity contribution in [3.8, 4) is 0 Å². The van der Waals surface area contributed by atoms with Crippen LogP contribution in [0.1, 0.15) is 33.6 Å². The average Bonchev–Trinajstić information content (AvgIpc) is 2.14. The van der Waals surface area contributed by atoms with Gasteiger partial charge >= 0.3 is 5.97 Å². The first-order valence-corrected chi connectivity index (χ1v) is 5.68. The van der Waals surface area contributed by atoms with E-state index in [2.05, 4.69) is 13.8 Å². The number of hydrogen-bond acceptors (Lipinski definition) is 3. The lowest BCUT2D eigenvalue weighted by Crippen LogP contribution is -2.69. The first-order chi connectivity index (χ1) is 6.81. The number of hydrogen-bond donors (Lipinski definition) is 1. The van der Waals surface area contributed by atoms with Crippen LogP contribution in [0.25, 0.3) is 0 Å². The van der Waals surface area contributed by atoms with Gasteiger partial charge < -0.3 is 10.5 Å². The summed E-state index contributed by atoms with van der Waals surface area (Å²) in [7, 11) is 1.45. The molecule has 0 aromatic heterocycles. The molecule has 3 fully saturated rings. The van der Waals surface area contributed by atoms with E-state index in [-0.39, 0.29) is 11.9 Å². The minimum Gasteiger partial charge on any atom is -0.469 e. The number of carbonyl (C=O) groups is 1. The standard InChI is InChI=1S/C12H21NO2/c1-11(2)7-5-8(10(14)15-4)12(3,13)9(11)6-7/h7-9H,5-6,13H2,1-4H3/t7-,8+,9+,12-/m0/s1. The van der Waals surface area contributed by atoms with E-state index in [0.29, 0.717) is 17.3 Å². The highest BCUT2D eigenvalue weighted by Gasteiger charge is 2.63. The van der Waals surface area contributed by atoms with E-state index in [1.165, 1.54) is 13.5 Å². The maximum atomic E-state index is 11.7. The van der Waals surface area contributed by atoms with Crippen LogP contribution >= 0.6 is 0 Å². The van der Waals surface area contributed by atoms with Crippen molar-refractivity contribution < 1.29 is 9.53 Å². The molecule has 3 aliphatic rings. The molecule has 3 heteroatoms. The van der Waals surface area contributed by atoms with Gasteiger partial charge in [0.2, 0.25) is 0 Å². The van der Waals surface area contributed by atoms with E-state index < -0.39 is 5.54 Å². The molecule has 3 nitrogen and oxygen atoms in total. The van der Waals surface area contributed by atoms with Crippen LogP contribution in [0.3, 0.4) is 0 Å². The second-order valence-electron chi connectivity index (χ2n) is 5.98. The fourth-order valence-electron chi connectivity index (χ4n) is 3.75. The van der Waals surface area contributed by atoms with Crippen LogP contribution in [0.4, 0.5) is 0 Å². The highest BCUT2D eigenvalue weighted by atomic mass is 16.5. The molecule has 0 aliphatic heterocycles. The van der Waals surface area contributed by atoms with Crippen molar-refractivity contribution in [2.45, 2.75) is 39.2 Å². The molecule has 86 valence electrons. The number of methoxy groups -OCH3 is 1. The third-order valence-electron chi connectivity index (χ3n) is 4.98. The maximum Gasteiger partial charge on any atom is 0.310 e. The van der Waals surface area contributed by atoms with Crippen molar-refractivity contribution in [1.82, 2.24) is 0 Å². The Kier molecular flexibility index (Phi) is 2.16. The van der Waals surface area contributed by atoms with E-state index >= 15 is 0 Å². The summed E-state index contributed by atoms with van der Waals surface area (Å²) < 4.78 is 4.84. The average molecular weight is 211 g/mol. The zero-order chi connectivity index (χ0) is 11.4. The normalized spacial score (nSPS) is 46.9. The Hall–Kier alpha value is -0.570. The third kappa shape index (κ3) is 1.25. The Balaban J connectivity index is 2.24. The molecule has 15 heavy (non-hydrogen) atoms. The van der Waals surface area contributed by atoms with Gasteiger partial charge in [0.15, 0.2) is 0 Å². The highest BCUT2D eigenvalue weighted by Crippen LogP contribution is 2.63. The summed E-state index contributed by atoms with van der Waals surface area (Å²) in [6.07, 6.45) is 2.07. The van der Waals surface area contributed by atoms with Crippen molar-refractivity contribution >= 4 is 5.97 Å². The van der Waals surface area contributed by atoms with Gasteiger partial charge in [-0.25, -0.2) is 0 Å². The van der Waals surface area contributed by atoms with E-state index in [1.54, 1.807) is 0 Å². The number of ether oxygens (including phenoxy) is 1. The first-order valence-electron chi connectivity index (χ1n) is 5.68. The SMILES string of the molecule is COC(=O)[C@H]1C[C@H]2C[C@H](C2(C)C)[C@@]1(C)N. The van der Waals surface area contributed by atoms with E-state index in [9.17, 15) is 4.79 Å². The minimum atomic E-state index is -0.397. The zero-order valence-corrected chi connectivity index (χ0v) is 10.0. The van der Waals surface area contributed by atoms with Gasteiger partial charge in [-0.2, -0.15) is 0 Å². The van der Waals surface area contributed by atoms with Gasteiger partial charge in [-0.1, -0.05) is 13.8 Å². The molecule has 0 aromatic rings. The fourth-order valence-corrected chi connectivity index (χ4v) is 3.75. The summed E-state index contributed by atoms with van der Waals surface area (Å²) in [5, 5.41) is 0. The smallest absolute Gasteiger partial charge is 0.310 e. The Labute approximate surface area is 91.4 Å². The lowest BCUT2D eigenvalue weighted by atomic mass is 9.41. The third-order valence-corrected chi connectivity index (χ3v) is 4.98. The van der Waals surface area contributed by atoms with Crippen LogP contribution in [0.5, 0.6) is 0 Å². The van der Waals surface area contributed by atoms with Crippen LogP contribution in [0, 0.1) is 23.2 Å². The molecule has 4 atom stereocenters. The summed E-state index contributed by atoms with van der Waals surface area (Å²) in [4.78, 5) is 11.7. The Bertz CT molecular complexity index is 296. The van der Waals surface area contributed by atoms with Gasteiger partial charge in [0.05, 0.1) is 13.0 Å². The van der Waals surface area contributed by atoms with Crippen molar-refractivity contribution in [1.29, 1.82) is 0 Å². The molecule has 0 unspecified atom stereocenters. The molecule has 3 aliphatic carbocycles. The molecular formula is C12H21NO2. The van der Waals surface area contributed by atoms with Crippen LogP contribution in [-0.4, -0.2) is 18.6 Å². The molecule has 2 N–H and O–H groups in total. The van der Waals surface area contributed by atoms with Gasteiger partial charge in [0.1, 0.15) is 0 Å². The molecule has 2 bridgehead atoms. The lowest BCUT2D eigenvalue weighted by Gasteiger charge is -2.65. The largest absolute Gasteiger partial charge is 0.469 e. The Morgan fingerprint density at radius 3 is 2.33 bits per heavy atom. The topological polar surface area (TPSA) is 52.3 Å². The van der Waals surface area contributed by atoms with Crippen molar-refractivity contribution in [3.63, 3.8) is 0 Å². The quantitative estimate of drug-likeness (QED) is 0.670. The van der Waals surface area contributed by atoms with Crippen molar-refractivity contribution in [2.75, 3.05) is 7.11 Å². The Morgan fingerprint density at radius 2 is 1.93 bits per heavy atom. The number of rotatable bonds is 1. The van der Waals surface area contributed by atoms with E-state index in [4.69, 9.17) is 10.5 Å². The predicted octanol–water partition coefficient (Wildman–Crippen LogP) is 1.56. The molecule has 0 saturated heterocycles. The van der Waals surface area contributed by atoms with Gasteiger partial charge in [-0.05, 0) is 37.0 Å². The van der Waals surface area contributed by atoms with Crippen LogP contribution in [-0.2, 0) is 9.53 Å². The van der Waals surface area contributed by atoms with Gasteiger partial charge in [0.25, 0.3) is 0 Å². The van der Waals surface area contributed by atoms with Gasteiger partial charge in [-0.3, -0.25) is 4.79 Å². The summed E-state index contributed by atoms with van der Waals surface area (Å²) >= 11 is 0. The molecule has 0 aromatic carbocycles. The molecular weight excluding hydrogens is 190 g/mol. The van der Waals surface area contributed by atoms with Gasteiger partial charge in [-0.15, -0.1) is 0 Å². The highest BCUT2D eigenvalue weighted by molar-refractivity contribution is 5.74. The van der Waals surface area contributed by atoms with Gasteiger partial charge in [0, 0.05) is 5.54 Å². The first kappa shape index (κ1) is 10.9. The minimum absolute atomic E-state index is 0.112. The maximum absolute atomic E-state index is 11.7. The summed E-state index contributed by atoms with van der Waals surface area (Å²) in [5.74, 6) is 0.848. The molecule has 0 amide bonds. The summed E-state index contributed by atoms with van der Waals surface area (Å²) in [5.41, 5.74) is 6.26. The van der Waals surface area contributed by atoms with Crippen LogP contribution < -0.4 is 5.73 Å². The number of esters is 1. The number of fused-ring (bicyclic) bond motifs is 2. The zero-order valence-electron chi connectivity index (χ0n) is 10.0. The molecule has 3 saturated carbocycles. The van der Waals surface area contributed by atoms with E-state index in [1.807, 2.05) is 6.92 Å². The molecule has 3 rings (SSSR count). The second-order valence-corrected chi connectivity index (χ2v) is 5.98. The number of carbonyl (C=O) groups excluding carboxylic acids is 1. The summed E-state index contributed by atoms with van der Waals surface area (Å²) in [6, 6.07) is 0. The fraction of sp³-hybridized carbons (Fsp3) is 0.917. The Morgan fingerprint density at radius 1 is 1.33 bits per heavy atom. The molecule has 0 radical (unpaired) electrons. The second kappa shape index (κ2) is 2.97. The van der Waals surface area contributed by atoms with Crippen LogP contribution in [0.15, 0.2) is 0 Å². The molecule has 0 spiro atoms.